The van der Waals surface area contributed by atoms with Crippen LogP contribution >= 0.6 is 34.7 Å². The molecule has 0 aliphatic heterocycles. The number of benzene rings is 2. The van der Waals surface area contributed by atoms with Crippen molar-refractivity contribution in [3.05, 3.63) is 69.9 Å². The van der Waals surface area contributed by atoms with E-state index >= 15 is 0 Å². The number of rotatable bonds is 7. The molecule has 0 bridgehead atoms. The van der Waals surface area contributed by atoms with E-state index in [0.29, 0.717) is 27.0 Å². The Morgan fingerprint density at radius 2 is 1.96 bits per heavy atom. The Bertz CT molecular complexity index is 977. The van der Waals surface area contributed by atoms with Gasteiger partial charge >= 0.3 is 0 Å². The third-order valence-corrected chi connectivity index (χ3v) is 5.74. The zero-order valence-electron chi connectivity index (χ0n) is 14.9. The number of ether oxygens (including phenoxy) is 1. The lowest BCUT2D eigenvalue weighted by Gasteiger charge is -2.11. The molecule has 8 heteroatoms. The van der Waals surface area contributed by atoms with E-state index in [0.717, 1.165) is 4.90 Å². The zero-order chi connectivity index (χ0) is 19.9. The van der Waals surface area contributed by atoms with Gasteiger partial charge in [0.1, 0.15) is 5.75 Å². The maximum atomic E-state index is 12.3. The summed E-state index contributed by atoms with van der Waals surface area (Å²) in [6.07, 6.45) is 0. The van der Waals surface area contributed by atoms with Gasteiger partial charge in [-0.2, -0.15) is 0 Å². The molecule has 0 fully saturated rings. The first kappa shape index (κ1) is 20.3. The van der Waals surface area contributed by atoms with Crippen LogP contribution in [-0.2, 0) is 4.79 Å². The molecule has 5 nitrogen and oxygen atoms in total. The molecule has 0 unspecified atom stereocenters. The Labute approximate surface area is 176 Å². The van der Waals surface area contributed by atoms with E-state index in [1.807, 2.05) is 35.7 Å². The number of thiophene rings is 1. The number of amides is 2. The van der Waals surface area contributed by atoms with Crippen molar-refractivity contribution in [3.8, 4) is 5.75 Å². The van der Waals surface area contributed by atoms with Gasteiger partial charge in [0.15, 0.2) is 0 Å². The molecule has 3 rings (SSSR count). The highest BCUT2D eigenvalue weighted by molar-refractivity contribution is 8.00. The average molecular weight is 433 g/mol. The minimum absolute atomic E-state index is 0.150. The largest absolute Gasteiger partial charge is 0.495 e. The molecule has 1 aromatic heterocycles. The van der Waals surface area contributed by atoms with Crippen molar-refractivity contribution in [2.45, 2.75) is 4.90 Å². The highest BCUT2D eigenvalue weighted by Gasteiger charge is 2.10. The summed E-state index contributed by atoms with van der Waals surface area (Å²) in [5, 5.41) is 8.03. The van der Waals surface area contributed by atoms with E-state index in [9.17, 15) is 9.59 Å². The van der Waals surface area contributed by atoms with Gasteiger partial charge in [0.2, 0.25) is 5.91 Å². The van der Waals surface area contributed by atoms with E-state index in [1.165, 1.54) is 30.2 Å². The topological polar surface area (TPSA) is 67.4 Å². The van der Waals surface area contributed by atoms with Crippen molar-refractivity contribution in [2.75, 3.05) is 23.5 Å². The number of carbonyl (C=O) groups excluding carboxylic acids is 2. The third-order valence-electron chi connectivity index (χ3n) is 3.64. The molecule has 3 aromatic rings. The normalized spacial score (nSPS) is 10.4. The van der Waals surface area contributed by atoms with E-state index < -0.39 is 0 Å². The monoisotopic (exact) mass is 432 g/mol. The Morgan fingerprint density at radius 1 is 1.11 bits per heavy atom. The van der Waals surface area contributed by atoms with E-state index in [2.05, 4.69) is 10.6 Å². The molecular weight excluding hydrogens is 416 g/mol. The molecular formula is C20H17ClN2O3S2. The van der Waals surface area contributed by atoms with Crippen LogP contribution in [0.15, 0.2) is 64.9 Å². The maximum absolute atomic E-state index is 12.3. The fourth-order valence-electron chi connectivity index (χ4n) is 2.38. The summed E-state index contributed by atoms with van der Waals surface area (Å²) in [5.74, 6) is 0.417. The molecule has 0 aliphatic rings. The maximum Gasteiger partial charge on any atom is 0.265 e. The number of nitrogens with one attached hydrogen (secondary N) is 2. The average Bonchev–Trinajstić information content (AvgIpc) is 3.22. The van der Waals surface area contributed by atoms with Crippen LogP contribution in [0, 0.1) is 0 Å². The predicted octanol–water partition coefficient (Wildman–Crippen LogP) is 5.39. The van der Waals surface area contributed by atoms with E-state index in [-0.39, 0.29) is 17.6 Å². The van der Waals surface area contributed by atoms with Gasteiger partial charge < -0.3 is 15.4 Å². The SMILES string of the molecule is COc1ccc(Cl)cc1NC(=O)CSc1cccc(NC(=O)c2cccs2)c1. The van der Waals surface area contributed by atoms with Crippen LogP contribution in [0.25, 0.3) is 0 Å². The van der Waals surface area contributed by atoms with Crippen molar-refractivity contribution in [1.29, 1.82) is 0 Å². The smallest absolute Gasteiger partial charge is 0.265 e. The van der Waals surface area contributed by atoms with Crippen molar-refractivity contribution < 1.29 is 14.3 Å². The van der Waals surface area contributed by atoms with Gasteiger partial charge in [-0.15, -0.1) is 23.1 Å². The van der Waals surface area contributed by atoms with E-state index in [4.69, 9.17) is 16.3 Å². The van der Waals surface area contributed by atoms with E-state index in [1.54, 1.807) is 24.3 Å². The van der Waals surface area contributed by atoms with Crippen molar-refractivity contribution in [1.82, 2.24) is 0 Å². The second kappa shape index (κ2) is 9.64. The van der Waals surface area contributed by atoms with Gasteiger partial charge in [-0.1, -0.05) is 23.7 Å². The van der Waals surface area contributed by atoms with Gasteiger partial charge in [0.05, 0.1) is 23.4 Å². The number of hydrogen-bond donors (Lipinski definition) is 2. The Hall–Kier alpha value is -2.48. The minimum atomic E-state index is -0.182. The van der Waals surface area contributed by atoms with Crippen LogP contribution in [0.1, 0.15) is 9.67 Å². The summed E-state index contributed by atoms with van der Waals surface area (Å²) >= 11 is 8.73. The van der Waals surface area contributed by atoms with Crippen LogP contribution < -0.4 is 15.4 Å². The molecule has 2 N–H and O–H groups in total. The van der Waals surface area contributed by atoms with Crippen molar-refractivity contribution in [2.24, 2.45) is 0 Å². The quantitative estimate of drug-likeness (QED) is 0.491. The van der Waals surface area contributed by atoms with Gasteiger partial charge in [-0.25, -0.2) is 0 Å². The number of methoxy groups -OCH3 is 1. The second-order valence-corrected chi connectivity index (χ2v) is 8.07. The van der Waals surface area contributed by atoms with Crippen LogP contribution in [-0.4, -0.2) is 24.7 Å². The number of carbonyl (C=O) groups is 2. The molecule has 0 spiro atoms. The lowest BCUT2D eigenvalue weighted by atomic mass is 10.3. The summed E-state index contributed by atoms with van der Waals surface area (Å²) in [5.41, 5.74) is 1.21. The molecule has 0 saturated heterocycles. The highest BCUT2D eigenvalue weighted by Crippen LogP contribution is 2.28. The van der Waals surface area contributed by atoms with Crippen LogP contribution in [0.5, 0.6) is 5.75 Å². The summed E-state index contributed by atoms with van der Waals surface area (Å²) in [7, 11) is 1.53. The molecule has 0 radical (unpaired) electrons. The summed E-state index contributed by atoms with van der Waals surface area (Å²) in [6.45, 7) is 0. The Balaban J connectivity index is 1.58. The van der Waals surface area contributed by atoms with Crippen LogP contribution in [0.2, 0.25) is 5.02 Å². The van der Waals surface area contributed by atoms with Crippen LogP contribution in [0.4, 0.5) is 11.4 Å². The minimum Gasteiger partial charge on any atom is -0.495 e. The Morgan fingerprint density at radius 3 is 2.71 bits per heavy atom. The van der Waals surface area contributed by atoms with Crippen molar-refractivity contribution >= 4 is 57.9 Å². The summed E-state index contributed by atoms with van der Waals surface area (Å²) in [6, 6.07) is 16.0. The molecule has 2 amide bonds. The molecule has 2 aromatic carbocycles. The number of halogens is 1. The molecule has 0 saturated carbocycles. The van der Waals surface area contributed by atoms with Crippen molar-refractivity contribution in [3.63, 3.8) is 0 Å². The molecule has 144 valence electrons. The standard InChI is InChI=1S/C20H17ClN2O3S2/c1-26-17-8-7-13(21)10-16(17)23-19(24)12-28-15-5-2-4-14(11-15)22-20(25)18-6-3-9-27-18/h2-11H,12H2,1H3,(H,22,25)(H,23,24). The second-order valence-electron chi connectivity index (χ2n) is 5.64. The summed E-state index contributed by atoms with van der Waals surface area (Å²) < 4.78 is 5.23. The van der Waals surface area contributed by atoms with Crippen LogP contribution in [0.3, 0.4) is 0 Å². The fourth-order valence-corrected chi connectivity index (χ4v) is 3.92. The predicted molar refractivity (Wildman–Crippen MR) is 116 cm³/mol. The first-order chi connectivity index (χ1) is 13.5. The number of hydrogen-bond acceptors (Lipinski definition) is 5. The molecule has 1 heterocycles. The van der Waals surface area contributed by atoms with Gasteiger partial charge in [-0.3, -0.25) is 9.59 Å². The number of anilines is 2. The first-order valence-corrected chi connectivity index (χ1v) is 10.5. The zero-order valence-corrected chi connectivity index (χ0v) is 17.3. The van der Waals surface area contributed by atoms with Gasteiger partial charge in [0, 0.05) is 15.6 Å². The lowest BCUT2D eigenvalue weighted by Crippen LogP contribution is -2.14. The fraction of sp³-hybridized carbons (Fsp3) is 0.100. The molecule has 0 atom stereocenters. The molecule has 0 aliphatic carbocycles. The Kier molecular flexibility index (Phi) is 6.97. The van der Waals surface area contributed by atoms with Gasteiger partial charge in [0.25, 0.3) is 5.91 Å². The number of thioether (sulfide) groups is 1. The van der Waals surface area contributed by atoms with Gasteiger partial charge in [-0.05, 0) is 47.8 Å². The molecule has 28 heavy (non-hydrogen) atoms. The third kappa shape index (κ3) is 5.51. The highest BCUT2D eigenvalue weighted by atomic mass is 35.5. The summed E-state index contributed by atoms with van der Waals surface area (Å²) in [4.78, 5) is 26.0. The lowest BCUT2D eigenvalue weighted by molar-refractivity contribution is -0.113. The first-order valence-electron chi connectivity index (χ1n) is 8.26.